The molecule has 0 saturated heterocycles. The van der Waals surface area contributed by atoms with E-state index in [1.807, 2.05) is 0 Å². The number of H-pyrrole nitrogens is 1. The molecule has 0 radical (unpaired) electrons. The number of terminal acetylenes is 1. The highest BCUT2D eigenvalue weighted by Gasteiger charge is 2.38. The average Bonchev–Trinajstić information content (AvgIpc) is 3.15. The van der Waals surface area contributed by atoms with E-state index in [0.29, 0.717) is 38.0 Å². The fourth-order valence-electron chi connectivity index (χ4n) is 4.15. The molecule has 2 unspecified atom stereocenters. The van der Waals surface area contributed by atoms with E-state index in [9.17, 15) is 9.59 Å². The fraction of sp³-hybridized carbons (Fsp3) is 0.696. The highest BCUT2D eigenvalue weighted by molar-refractivity contribution is 7.44. The van der Waals surface area contributed by atoms with Gasteiger partial charge in [-0.05, 0) is 47.5 Å². The molecule has 33 heavy (non-hydrogen) atoms. The zero-order valence-electron chi connectivity index (χ0n) is 20.1. The lowest BCUT2D eigenvalue weighted by Gasteiger charge is -2.36. The highest BCUT2D eigenvalue weighted by atomic mass is 31.2. The molecule has 0 spiro atoms. The number of hydrogen-bond donors (Lipinski definition) is 1. The first kappa shape index (κ1) is 27.2. The van der Waals surface area contributed by atoms with Crippen molar-refractivity contribution in [1.82, 2.24) is 14.2 Å². The van der Waals surface area contributed by atoms with Crippen LogP contribution in [0.15, 0.2) is 15.8 Å². The summed E-state index contributed by atoms with van der Waals surface area (Å²) < 4.78 is 21.9. The lowest BCUT2D eigenvalue weighted by molar-refractivity contribution is 0.0287. The van der Waals surface area contributed by atoms with Gasteiger partial charge in [0.2, 0.25) is 0 Å². The molecule has 0 aromatic carbocycles. The van der Waals surface area contributed by atoms with E-state index < -0.39 is 14.2 Å². The summed E-state index contributed by atoms with van der Waals surface area (Å²) in [5.74, 6) is 2.50. The number of aryl methyl sites for hydroxylation is 1. The van der Waals surface area contributed by atoms with Crippen molar-refractivity contribution in [3.05, 3.63) is 32.6 Å². The lowest BCUT2D eigenvalue weighted by Crippen LogP contribution is -2.34. The number of aromatic nitrogens is 2. The molecule has 182 valence electrons. The minimum Gasteiger partial charge on any atom is -0.365 e. The molecule has 1 fully saturated rings. The van der Waals surface area contributed by atoms with Crippen LogP contribution in [0.2, 0.25) is 0 Å². The molecule has 1 aromatic rings. The van der Waals surface area contributed by atoms with Crippen LogP contribution in [0, 0.1) is 36.5 Å². The summed E-state index contributed by atoms with van der Waals surface area (Å²) in [4.78, 5) is 26.5. The summed E-state index contributed by atoms with van der Waals surface area (Å²) in [6, 6.07) is 2.36. The summed E-state index contributed by atoms with van der Waals surface area (Å²) in [6.45, 7) is 10.9. The number of nitrogens with one attached hydrogen (secondary N) is 1. The minimum absolute atomic E-state index is 0.00627. The molecular weight excluding hydrogens is 443 g/mol. The van der Waals surface area contributed by atoms with E-state index in [2.05, 4.69) is 49.3 Å². The van der Waals surface area contributed by atoms with Crippen molar-refractivity contribution in [2.24, 2.45) is 5.92 Å². The van der Waals surface area contributed by atoms with Crippen LogP contribution >= 0.6 is 8.53 Å². The lowest BCUT2D eigenvalue weighted by atomic mass is 10.1. The van der Waals surface area contributed by atoms with Crippen molar-refractivity contribution < 1.29 is 13.8 Å². The molecule has 1 N–H and O–H groups in total. The van der Waals surface area contributed by atoms with E-state index in [1.54, 1.807) is 17.7 Å². The molecule has 1 saturated carbocycles. The number of nitriles is 1. The molecule has 10 heteroatoms. The smallest absolute Gasteiger partial charge is 0.328 e. The van der Waals surface area contributed by atoms with Gasteiger partial charge in [0.15, 0.2) is 0 Å². The maximum absolute atomic E-state index is 12.4. The van der Waals surface area contributed by atoms with Gasteiger partial charge in [-0.25, -0.2) is 9.46 Å². The monoisotopic (exact) mass is 478 g/mol. The van der Waals surface area contributed by atoms with Gasteiger partial charge >= 0.3 is 5.69 Å². The molecule has 4 atom stereocenters. The Balaban J connectivity index is 2.19. The first-order chi connectivity index (χ1) is 15.7. The predicted octanol–water partition coefficient (Wildman–Crippen LogP) is 3.11. The van der Waals surface area contributed by atoms with Gasteiger partial charge < -0.3 is 13.8 Å². The standard InChI is InChI=1S/C23H35N4O5P/c1-7-10-30-21-13-20(26-14-18(6)22(28)25-23(26)29)12-19(21)15-32-33(31-11-8-9-24)27(16(2)3)17(4)5/h1,14,16-17,19-21H,8,10-13,15H2,2-6H3,(H,25,28,29)/t19-,20-,21?,33?/m1/s1. The largest absolute Gasteiger partial charge is 0.365 e. The maximum Gasteiger partial charge on any atom is 0.328 e. The predicted molar refractivity (Wildman–Crippen MR) is 128 cm³/mol. The summed E-state index contributed by atoms with van der Waals surface area (Å²) in [6.07, 6.45) is 8.34. The Hall–Kier alpha value is -2.00. The number of hydrogen-bond acceptors (Lipinski definition) is 7. The van der Waals surface area contributed by atoms with Crippen molar-refractivity contribution in [2.45, 2.75) is 78.1 Å². The van der Waals surface area contributed by atoms with Gasteiger partial charge in [-0.2, -0.15) is 5.26 Å². The minimum atomic E-state index is -1.38. The first-order valence-electron chi connectivity index (χ1n) is 11.3. The number of ether oxygens (including phenoxy) is 1. The zero-order chi connectivity index (χ0) is 24.5. The summed E-state index contributed by atoms with van der Waals surface area (Å²) in [5, 5.41) is 8.89. The Morgan fingerprint density at radius 1 is 1.27 bits per heavy atom. The van der Waals surface area contributed by atoms with Crippen molar-refractivity contribution in [1.29, 1.82) is 5.26 Å². The third-order valence-electron chi connectivity index (χ3n) is 5.59. The SMILES string of the molecule is C#CCOC1C[C@H](n2cc(C)c(=O)[nH]c2=O)C[C@@H]1COP(OCCC#N)N(C(C)C)C(C)C. The highest BCUT2D eigenvalue weighted by Crippen LogP contribution is 2.48. The Kier molecular flexibility index (Phi) is 10.8. The second-order valence-electron chi connectivity index (χ2n) is 8.76. The van der Waals surface area contributed by atoms with E-state index in [-0.39, 0.29) is 42.3 Å². The molecule has 1 heterocycles. The van der Waals surface area contributed by atoms with Crippen LogP contribution in [-0.4, -0.2) is 52.2 Å². The number of rotatable bonds is 12. The second kappa shape index (κ2) is 13.0. The second-order valence-corrected chi connectivity index (χ2v) is 10.2. The average molecular weight is 479 g/mol. The third-order valence-corrected chi connectivity index (χ3v) is 7.66. The maximum atomic E-state index is 12.4. The topological polar surface area (TPSA) is 110 Å². The van der Waals surface area contributed by atoms with Crippen LogP contribution in [0.1, 0.15) is 58.6 Å². The Morgan fingerprint density at radius 2 is 1.97 bits per heavy atom. The van der Waals surface area contributed by atoms with Crippen molar-refractivity contribution in [3.8, 4) is 18.4 Å². The Bertz CT molecular complexity index is 953. The van der Waals surface area contributed by atoms with Gasteiger partial charge in [0.05, 0.1) is 31.8 Å². The molecule has 1 aliphatic carbocycles. The molecule has 9 nitrogen and oxygen atoms in total. The van der Waals surface area contributed by atoms with Gasteiger partial charge in [0.1, 0.15) is 6.61 Å². The molecule has 0 amide bonds. The van der Waals surface area contributed by atoms with E-state index >= 15 is 0 Å². The van der Waals surface area contributed by atoms with Crippen LogP contribution in [0.25, 0.3) is 0 Å². The van der Waals surface area contributed by atoms with E-state index in [4.69, 9.17) is 25.5 Å². The summed E-state index contributed by atoms with van der Waals surface area (Å²) in [5.41, 5.74) is -0.327. The van der Waals surface area contributed by atoms with Gasteiger partial charge in [0.25, 0.3) is 14.1 Å². The van der Waals surface area contributed by atoms with E-state index in [1.165, 1.54) is 0 Å². The number of nitrogens with zero attached hydrogens (tertiary/aromatic N) is 3. The molecule has 0 aliphatic heterocycles. The van der Waals surface area contributed by atoms with Crippen molar-refractivity contribution >= 4 is 8.53 Å². The zero-order valence-corrected chi connectivity index (χ0v) is 21.0. The van der Waals surface area contributed by atoms with Crippen LogP contribution in [0.5, 0.6) is 0 Å². The first-order valence-corrected chi connectivity index (χ1v) is 12.4. The van der Waals surface area contributed by atoms with Gasteiger partial charge in [-0.1, -0.05) is 5.92 Å². The third kappa shape index (κ3) is 7.50. The van der Waals surface area contributed by atoms with Gasteiger partial charge in [-0.15, -0.1) is 6.42 Å². The van der Waals surface area contributed by atoms with Crippen molar-refractivity contribution in [2.75, 3.05) is 19.8 Å². The van der Waals surface area contributed by atoms with Crippen LogP contribution in [0.4, 0.5) is 0 Å². The summed E-state index contributed by atoms with van der Waals surface area (Å²) >= 11 is 0. The molecular formula is C23H35N4O5P. The Labute approximate surface area is 197 Å². The van der Waals surface area contributed by atoms with Crippen LogP contribution in [0.3, 0.4) is 0 Å². The Morgan fingerprint density at radius 3 is 2.58 bits per heavy atom. The molecule has 1 aromatic heterocycles. The molecule has 0 bridgehead atoms. The van der Waals surface area contributed by atoms with Crippen LogP contribution < -0.4 is 11.2 Å². The van der Waals surface area contributed by atoms with Crippen LogP contribution in [-0.2, 0) is 13.8 Å². The fourth-order valence-corrected chi connectivity index (χ4v) is 5.81. The summed E-state index contributed by atoms with van der Waals surface area (Å²) in [7, 11) is -1.38. The van der Waals surface area contributed by atoms with Crippen molar-refractivity contribution in [3.63, 3.8) is 0 Å². The normalized spacial score (nSPS) is 21.5. The molecule has 1 aliphatic rings. The van der Waals surface area contributed by atoms with Gasteiger partial charge in [-0.3, -0.25) is 14.3 Å². The quantitative estimate of drug-likeness (QED) is 0.279. The molecule has 2 rings (SSSR count). The van der Waals surface area contributed by atoms with Gasteiger partial charge in [0, 0.05) is 35.8 Å². The number of aromatic amines is 1. The van der Waals surface area contributed by atoms with E-state index in [0.717, 1.165) is 0 Å².